The summed E-state index contributed by atoms with van der Waals surface area (Å²) in [6.07, 6.45) is 1.80. The average molecular weight is 643 g/mol. The average Bonchev–Trinajstić information content (AvgIpc) is 3.30. The maximum atomic E-state index is 14.2. The van der Waals surface area contributed by atoms with Crippen LogP contribution in [0.1, 0.15) is 43.4 Å². The largest absolute Gasteiger partial charge is 0.490 e. The second kappa shape index (κ2) is 10.9. The van der Waals surface area contributed by atoms with Crippen molar-refractivity contribution in [1.82, 2.24) is 4.98 Å². The van der Waals surface area contributed by atoms with Crippen LogP contribution >= 0.6 is 22.6 Å². The molecule has 1 aromatic heterocycles. The standard InChI is InChI=1S/C30H27FINO6/c1-4-36-24-14-18(13-22(32)27(24)37-16-17-9-5-7-11-21(17)31)25(20-15-33-23-12-8-6-10-19(20)23)26-28(34)38-30(2,3)39-29(26)35/h5-15,25-26,33H,4,16H2,1-3H3/t25-/m1/s1. The molecule has 9 heteroatoms. The van der Waals surface area contributed by atoms with E-state index in [0.29, 0.717) is 32.8 Å². The number of esters is 2. The van der Waals surface area contributed by atoms with Gasteiger partial charge in [0.2, 0.25) is 0 Å². The lowest BCUT2D eigenvalue weighted by atomic mass is 9.80. The number of ether oxygens (including phenoxy) is 4. The number of cyclic esters (lactones) is 2. The van der Waals surface area contributed by atoms with E-state index < -0.39 is 29.6 Å². The van der Waals surface area contributed by atoms with Crippen molar-refractivity contribution in [1.29, 1.82) is 0 Å². The Labute approximate surface area is 238 Å². The van der Waals surface area contributed by atoms with Crippen molar-refractivity contribution < 1.29 is 32.9 Å². The van der Waals surface area contributed by atoms with E-state index in [1.54, 1.807) is 30.5 Å². The Bertz CT molecular complexity index is 1530. The molecule has 39 heavy (non-hydrogen) atoms. The number of para-hydroxylation sites is 1. The van der Waals surface area contributed by atoms with Crippen molar-refractivity contribution >= 4 is 45.4 Å². The number of carbonyl (C=O) groups excluding carboxylic acids is 2. The molecule has 0 saturated carbocycles. The van der Waals surface area contributed by atoms with Crippen LogP contribution in [0.5, 0.6) is 11.5 Å². The summed E-state index contributed by atoms with van der Waals surface area (Å²) in [6, 6.07) is 17.7. The van der Waals surface area contributed by atoms with E-state index in [2.05, 4.69) is 27.6 Å². The minimum absolute atomic E-state index is 0.00430. The van der Waals surface area contributed by atoms with Gasteiger partial charge in [-0.05, 0) is 64.9 Å². The number of aromatic nitrogens is 1. The molecule has 4 aromatic rings. The predicted octanol–water partition coefficient (Wildman–Crippen LogP) is 6.47. The molecule has 1 aliphatic rings. The maximum Gasteiger partial charge on any atom is 0.324 e. The molecular formula is C30H27FINO6. The minimum atomic E-state index is -1.36. The summed E-state index contributed by atoms with van der Waals surface area (Å²) in [5.74, 6) is -4.18. The van der Waals surface area contributed by atoms with E-state index in [0.717, 1.165) is 16.5 Å². The van der Waals surface area contributed by atoms with Crippen molar-refractivity contribution in [3.05, 3.63) is 92.9 Å². The fourth-order valence-electron chi connectivity index (χ4n) is 4.84. The molecule has 0 amide bonds. The van der Waals surface area contributed by atoms with E-state index in [9.17, 15) is 14.0 Å². The Morgan fingerprint density at radius 2 is 1.72 bits per heavy atom. The summed E-state index contributed by atoms with van der Waals surface area (Å²) in [7, 11) is 0. The second-order valence-electron chi connectivity index (χ2n) is 9.63. The van der Waals surface area contributed by atoms with Crippen LogP contribution in [0.25, 0.3) is 10.9 Å². The highest BCUT2D eigenvalue weighted by Crippen LogP contribution is 2.44. The topological polar surface area (TPSA) is 86.9 Å². The molecule has 202 valence electrons. The molecule has 0 radical (unpaired) electrons. The molecule has 0 unspecified atom stereocenters. The first-order chi connectivity index (χ1) is 18.7. The zero-order chi connectivity index (χ0) is 27.7. The van der Waals surface area contributed by atoms with Gasteiger partial charge in [-0.25, -0.2) is 4.39 Å². The normalized spacial score (nSPS) is 16.0. The predicted molar refractivity (Wildman–Crippen MR) is 151 cm³/mol. The zero-order valence-corrected chi connectivity index (χ0v) is 23.8. The van der Waals surface area contributed by atoms with Crippen molar-refractivity contribution in [3.8, 4) is 11.5 Å². The number of fused-ring (bicyclic) bond motifs is 1. The molecule has 0 bridgehead atoms. The van der Waals surface area contributed by atoms with Crippen molar-refractivity contribution in [2.24, 2.45) is 5.92 Å². The van der Waals surface area contributed by atoms with Crippen LogP contribution in [0.3, 0.4) is 0 Å². The summed E-state index contributed by atoms with van der Waals surface area (Å²) >= 11 is 2.12. The number of halogens is 2. The van der Waals surface area contributed by atoms with E-state index in [1.807, 2.05) is 37.3 Å². The summed E-state index contributed by atoms with van der Waals surface area (Å²) in [5, 5.41) is 0.862. The van der Waals surface area contributed by atoms with Gasteiger partial charge in [0, 0.05) is 42.4 Å². The molecule has 1 fully saturated rings. The molecule has 0 spiro atoms. The van der Waals surface area contributed by atoms with Crippen molar-refractivity contribution in [2.75, 3.05) is 6.61 Å². The number of rotatable bonds is 8. The number of hydrogen-bond donors (Lipinski definition) is 1. The monoisotopic (exact) mass is 643 g/mol. The zero-order valence-electron chi connectivity index (χ0n) is 21.6. The molecule has 7 nitrogen and oxygen atoms in total. The minimum Gasteiger partial charge on any atom is -0.490 e. The van der Waals surface area contributed by atoms with Crippen molar-refractivity contribution in [3.63, 3.8) is 0 Å². The highest BCUT2D eigenvalue weighted by Gasteiger charge is 2.49. The van der Waals surface area contributed by atoms with Crippen LogP contribution in [-0.2, 0) is 25.7 Å². The third-order valence-corrected chi connectivity index (χ3v) is 7.31. The first kappa shape index (κ1) is 27.0. The molecule has 1 atom stereocenters. The number of carbonyl (C=O) groups is 2. The quantitative estimate of drug-likeness (QED) is 0.135. The van der Waals surface area contributed by atoms with Gasteiger partial charge in [-0.1, -0.05) is 36.4 Å². The van der Waals surface area contributed by atoms with Gasteiger partial charge in [0.15, 0.2) is 17.4 Å². The van der Waals surface area contributed by atoms with Gasteiger partial charge < -0.3 is 23.9 Å². The summed E-state index contributed by atoms with van der Waals surface area (Å²) in [6.45, 7) is 5.24. The highest BCUT2D eigenvalue weighted by atomic mass is 127. The molecule has 3 aromatic carbocycles. The number of aromatic amines is 1. The molecule has 5 rings (SSSR count). The third kappa shape index (κ3) is 5.45. The first-order valence-corrected chi connectivity index (χ1v) is 13.6. The van der Waals surface area contributed by atoms with Crippen LogP contribution in [-0.4, -0.2) is 29.3 Å². The van der Waals surface area contributed by atoms with Crippen LogP contribution in [0, 0.1) is 15.3 Å². The Balaban J connectivity index is 1.61. The lowest BCUT2D eigenvalue weighted by Crippen LogP contribution is -2.48. The maximum absolute atomic E-state index is 14.2. The smallest absolute Gasteiger partial charge is 0.324 e. The van der Waals surface area contributed by atoms with E-state index >= 15 is 0 Å². The van der Waals surface area contributed by atoms with Gasteiger partial charge in [-0.3, -0.25) is 9.59 Å². The summed E-state index contributed by atoms with van der Waals surface area (Å²) in [4.78, 5) is 29.8. The van der Waals surface area contributed by atoms with Crippen molar-refractivity contribution in [2.45, 2.75) is 39.1 Å². The second-order valence-corrected chi connectivity index (χ2v) is 10.8. The van der Waals surface area contributed by atoms with Gasteiger partial charge >= 0.3 is 11.9 Å². The van der Waals surface area contributed by atoms with Crippen LogP contribution < -0.4 is 9.47 Å². The highest BCUT2D eigenvalue weighted by molar-refractivity contribution is 14.1. The van der Waals surface area contributed by atoms with Gasteiger partial charge in [-0.15, -0.1) is 0 Å². The molecule has 2 heterocycles. The Hall–Kier alpha value is -3.60. The molecule has 0 aliphatic carbocycles. The SMILES string of the molecule is CCOc1cc([C@H](c2c[nH]c3ccccc23)C2C(=O)OC(C)(C)OC2=O)cc(I)c1OCc1ccccc1F. The lowest BCUT2D eigenvalue weighted by molar-refractivity contribution is -0.240. The van der Waals surface area contributed by atoms with Crippen LogP contribution in [0.15, 0.2) is 66.9 Å². The van der Waals surface area contributed by atoms with Gasteiger partial charge in [-0.2, -0.15) is 0 Å². The fraction of sp³-hybridized carbons (Fsp3) is 0.267. The van der Waals surface area contributed by atoms with Gasteiger partial charge in [0.25, 0.3) is 5.79 Å². The Kier molecular flexibility index (Phi) is 7.53. The van der Waals surface area contributed by atoms with Gasteiger partial charge in [0.05, 0.1) is 10.2 Å². The molecule has 1 saturated heterocycles. The number of hydrogen-bond acceptors (Lipinski definition) is 6. The van der Waals surface area contributed by atoms with Crippen LogP contribution in [0.2, 0.25) is 0 Å². The molecular weight excluding hydrogens is 616 g/mol. The van der Waals surface area contributed by atoms with Crippen LogP contribution in [0.4, 0.5) is 4.39 Å². The fourth-order valence-corrected chi connectivity index (χ4v) is 5.62. The van der Waals surface area contributed by atoms with E-state index in [-0.39, 0.29) is 12.4 Å². The van der Waals surface area contributed by atoms with E-state index in [1.165, 1.54) is 19.9 Å². The summed E-state index contributed by atoms with van der Waals surface area (Å²) in [5.41, 5.74) is 2.65. The third-order valence-electron chi connectivity index (χ3n) is 6.51. The molecule has 1 aliphatic heterocycles. The van der Waals surface area contributed by atoms with E-state index in [4.69, 9.17) is 18.9 Å². The first-order valence-electron chi connectivity index (χ1n) is 12.5. The summed E-state index contributed by atoms with van der Waals surface area (Å²) < 4.78 is 37.9. The lowest BCUT2D eigenvalue weighted by Gasteiger charge is -2.36. The number of H-pyrrole nitrogens is 1. The number of benzene rings is 3. The number of nitrogens with one attached hydrogen (secondary N) is 1. The van der Waals surface area contributed by atoms with Gasteiger partial charge in [0.1, 0.15) is 12.4 Å². The Morgan fingerprint density at radius 3 is 2.44 bits per heavy atom. The Morgan fingerprint density at radius 1 is 1.03 bits per heavy atom. The molecule has 1 N–H and O–H groups in total.